The summed E-state index contributed by atoms with van der Waals surface area (Å²) in [6, 6.07) is 14.6. The highest BCUT2D eigenvalue weighted by Gasteiger charge is 2.25. The third kappa shape index (κ3) is 3.74. The number of carboxylic acid groups (broad SMARTS) is 1. The lowest BCUT2D eigenvalue weighted by Crippen LogP contribution is -2.26. The van der Waals surface area contributed by atoms with Crippen molar-refractivity contribution in [3.63, 3.8) is 0 Å². The molecule has 9 nitrogen and oxygen atoms in total. The van der Waals surface area contributed by atoms with Crippen molar-refractivity contribution in [1.29, 1.82) is 5.26 Å². The summed E-state index contributed by atoms with van der Waals surface area (Å²) in [5, 5.41) is 21.2. The van der Waals surface area contributed by atoms with E-state index >= 15 is 0 Å². The number of carbonyl (C=O) groups excluding carboxylic acids is 1. The van der Waals surface area contributed by atoms with Crippen LogP contribution in [-0.4, -0.2) is 38.3 Å². The lowest BCUT2D eigenvalue weighted by atomic mass is 10.0. The van der Waals surface area contributed by atoms with Gasteiger partial charge in [0.15, 0.2) is 11.2 Å². The van der Waals surface area contributed by atoms with Crippen LogP contribution in [0.4, 0.5) is 0 Å². The molecule has 0 atom stereocenters. The first kappa shape index (κ1) is 21.5. The number of carbonyl (C=O) groups is 2. The summed E-state index contributed by atoms with van der Waals surface area (Å²) in [5.74, 6) is -1.85. The molecule has 0 fully saturated rings. The number of aromatic carboxylic acids is 1. The van der Waals surface area contributed by atoms with Gasteiger partial charge in [-0.15, -0.1) is 0 Å². The van der Waals surface area contributed by atoms with Crippen molar-refractivity contribution >= 4 is 17.6 Å². The molecule has 2 N–H and O–H groups in total. The molecule has 2 aromatic carbocycles. The summed E-state index contributed by atoms with van der Waals surface area (Å²) in [7, 11) is 0. The largest absolute Gasteiger partial charge is 0.478 e. The SMILES string of the molecule is CCOC(=O)c1c(-c2ccc(C#N)cc2)nc2c(-c3ccc(C(=O)O)cc3)c(C)[nH]n2c1=O. The Labute approximate surface area is 187 Å². The summed E-state index contributed by atoms with van der Waals surface area (Å²) < 4.78 is 6.28. The molecule has 164 valence electrons. The Balaban J connectivity index is 2.02. The second-order valence-electron chi connectivity index (χ2n) is 7.20. The van der Waals surface area contributed by atoms with Gasteiger partial charge < -0.3 is 9.84 Å². The Morgan fingerprint density at radius 1 is 1.12 bits per heavy atom. The number of hydrogen-bond donors (Lipinski definition) is 2. The Bertz CT molecular complexity index is 1490. The predicted molar refractivity (Wildman–Crippen MR) is 119 cm³/mol. The molecule has 0 aliphatic rings. The van der Waals surface area contributed by atoms with Gasteiger partial charge in [0.25, 0.3) is 5.56 Å². The van der Waals surface area contributed by atoms with Crippen molar-refractivity contribution in [3.05, 3.63) is 81.3 Å². The number of esters is 1. The molecule has 2 aromatic heterocycles. The third-order valence-corrected chi connectivity index (χ3v) is 5.15. The maximum atomic E-state index is 13.4. The van der Waals surface area contributed by atoms with E-state index in [4.69, 9.17) is 15.1 Å². The number of hydrogen-bond acceptors (Lipinski definition) is 6. The maximum Gasteiger partial charge on any atom is 0.346 e. The van der Waals surface area contributed by atoms with Gasteiger partial charge in [-0.3, -0.25) is 9.89 Å². The molecule has 4 aromatic rings. The predicted octanol–water partition coefficient (Wildman–Crippen LogP) is 3.41. The Hall–Kier alpha value is -4.71. The molecular formula is C24H18N4O5. The molecule has 0 unspecified atom stereocenters. The number of aryl methyl sites for hydroxylation is 1. The highest BCUT2D eigenvalue weighted by Crippen LogP contribution is 2.30. The van der Waals surface area contributed by atoms with E-state index in [9.17, 15) is 14.4 Å². The number of rotatable bonds is 5. The fourth-order valence-electron chi connectivity index (χ4n) is 3.61. The summed E-state index contributed by atoms with van der Waals surface area (Å²) in [6.07, 6.45) is 0. The minimum absolute atomic E-state index is 0.0821. The molecule has 0 bridgehead atoms. The first-order chi connectivity index (χ1) is 15.8. The Kier molecular flexibility index (Phi) is 5.50. The van der Waals surface area contributed by atoms with Gasteiger partial charge >= 0.3 is 11.9 Å². The van der Waals surface area contributed by atoms with Gasteiger partial charge in [0.05, 0.1) is 29.5 Å². The molecule has 33 heavy (non-hydrogen) atoms. The fourth-order valence-corrected chi connectivity index (χ4v) is 3.61. The van der Waals surface area contributed by atoms with Crippen molar-refractivity contribution < 1.29 is 19.4 Å². The third-order valence-electron chi connectivity index (χ3n) is 5.15. The van der Waals surface area contributed by atoms with E-state index < -0.39 is 17.5 Å². The van der Waals surface area contributed by atoms with Crippen LogP contribution in [0.15, 0.2) is 53.3 Å². The van der Waals surface area contributed by atoms with Gasteiger partial charge in [-0.05, 0) is 43.7 Å². The van der Waals surface area contributed by atoms with Crippen molar-refractivity contribution in [3.8, 4) is 28.5 Å². The highest BCUT2D eigenvalue weighted by molar-refractivity contribution is 5.97. The zero-order valence-corrected chi connectivity index (χ0v) is 17.7. The van der Waals surface area contributed by atoms with Gasteiger partial charge in [-0.2, -0.15) is 5.26 Å². The van der Waals surface area contributed by atoms with Crippen molar-refractivity contribution in [1.82, 2.24) is 14.6 Å². The van der Waals surface area contributed by atoms with E-state index in [0.29, 0.717) is 27.9 Å². The zero-order chi connectivity index (χ0) is 23.7. The monoisotopic (exact) mass is 442 g/mol. The molecule has 9 heteroatoms. The second kappa shape index (κ2) is 8.43. The average molecular weight is 442 g/mol. The van der Waals surface area contributed by atoms with Crippen LogP contribution < -0.4 is 5.56 Å². The van der Waals surface area contributed by atoms with E-state index in [1.807, 2.05) is 6.07 Å². The summed E-state index contributed by atoms with van der Waals surface area (Å²) >= 11 is 0. The zero-order valence-electron chi connectivity index (χ0n) is 17.7. The lowest BCUT2D eigenvalue weighted by Gasteiger charge is -2.09. The number of H-pyrrole nitrogens is 1. The molecule has 4 rings (SSSR count). The molecule has 0 aliphatic heterocycles. The molecule has 0 saturated heterocycles. The van der Waals surface area contributed by atoms with Crippen LogP contribution in [0.2, 0.25) is 0 Å². The van der Waals surface area contributed by atoms with E-state index in [1.165, 1.54) is 16.6 Å². The molecule has 0 radical (unpaired) electrons. The minimum atomic E-state index is -1.05. The molecule has 0 amide bonds. The number of benzene rings is 2. The van der Waals surface area contributed by atoms with Crippen LogP contribution in [0.25, 0.3) is 28.0 Å². The number of carboxylic acids is 1. The highest BCUT2D eigenvalue weighted by atomic mass is 16.5. The van der Waals surface area contributed by atoms with Gasteiger partial charge in [0, 0.05) is 16.8 Å². The number of ether oxygens (including phenoxy) is 1. The quantitative estimate of drug-likeness (QED) is 0.452. The fraction of sp³-hybridized carbons (Fsp3) is 0.125. The standard InChI is InChI=1S/C24H18N4O5/c1-3-33-24(32)19-20(16-6-4-14(12-25)5-7-16)26-21-18(13(2)27-28(21)22(19)29)15-8-10-17(11-9-15)23(30)31/h4-11,27H,3H2,1-2H3,(H,30,31). The van der Waals surface area contributed by atoms with Crippen LogP contribution in [0, 0.1) is 18.3 Å². The van der Waals surface area contributed by atoms with Crippen molar-refractivity contribution in [2.24, 2.45) is 0 Å². The van der Waals surface area contributed by atoms with Crippen LogP contribution in [-0.2, 0) is 4.74 Å². The number of nitrogens with one attached hydrogen (secondary N) is 1. The number of nitriles is 1. The normalized spacial score (nSPS) is 10.7. The molecule has 2 heterocycles. The van der Waals surface area contributed by atoms with Gasteiger partial charge in [-0.1, -0.05) is 24.3 Å². The van der Waals surface area contributed by atoms with E-state index in [0.717, 1.165) is 0 Å². The van der Waals surface area contributed by atoms with Gasteiger partial charge in [-0.25, -0.2) is 19.1 Å². The molecular weight excluding hydrogens is 424 g/mol. The number of aromatic amines is 1. The van der Waals surface area contributed by atoms with Crippen LogP contribution in [0.5, 0.6) is 0 Å². The Morgan fingerprint density at radius 2 is 1.76 bits per heavy atom. The van der Waals surface area contributed by atoms with Crippen LogP contribution >= 0.6 is 0 Å². The molecule has 0 saturated carbocycles. The lowest BCUT2D eigenvalue weighted by molar-refractivity contribution is 0.0524. The minimum Gasteiger partial charge on any atom is -0.478 e. The molecule has 0 spiro atoms. The van der Waals surface area contributed by atoms with Crippen molar-refractivity contribution in [2.75, 3.05) is 6.61 Å². The first-order valence-corrected chi connectivity index (χ1v) is 10.0. The van der Waals surface area contributed by atoms with E-state index in [2.05, 4.69) is 10.1 Å². The van der Waals surface area contributed by atoms with E-state index in [1.54, 1.807) is 50.2 Å². The van der Waals surface area contributed by atoms with Gasteiger partial charge in [0.1, 0.15) is 0 Å². The topological polar surface area (TPSA) is 138 Å². The van der Waals surface area contributed by atoms with Crippen LogP contribution in [0.3, 0.4) is 0 Å². The summed E-state index contributed by atoms with van der Waals surface area (Å²) in [4.78, 5) is 41.9. The summed E-state index contributed by atoms with van der Waals surface area (Å²) in [5.41, 5.74) is 2.42. The Morgan fingerprint density at radius 3 is 2.33 bits per heavy atom. The van der Waals surface area contributed by atoms with Crippen molar-refractivity contribution in [2.45, 2.75) is 13.8 Å². The number of nitrogens with zero attached hydrogens (tertiary/aromatic N) is 3. The smallest absolute Gasteiger partial charge is 0.346 e. The van der Waals surface area contributed by atoms with E-state index in [-0.39, 0.29) is 29.1 Å². The number of aromatic nitrogens is 3. The van der Waals surface area contributed by atoms with Crippen LogP contribution in [0.1, 0.15) is 38.9 Å². The van der Waals surface area contributed by atoms with Gasteiger partial charge in [0.2, 0.25) is 0 Å². The average Bonchev–Trinajstić information content (AvgIpc) is 3.15. The molecule has 0 aliphatic carbocycles. The first-order valence-electron chi connectivity index (χ1n) is 10.0. The maximum absolute atomic E-state index is 13.4. The summed E-state index contributed by atoms with van der Waals surface area (Å²) in [6.45, 7) is 3.47. The second-order valence-corrected chi connectivity index (χ2v) is 7.20. The number of fused-ring (bicyclic) bond motifs is 1.